The molecule has 3 heterocycles. The lowest BCUT2D eigenvalue weighted by atomic mass is 9.94. The lowest BCUT2D eigenvalue weighted by Gasteiger charge is -2.18. The SMILES string of the molecule is C=C(c1cn(CC)nc1OC)c1cn(C)nc1-c1ccc(F)cc1[C@@H](C)Oc1cc(Br)cnc1[N+](=O)[O-]. The van der Waals surface area contributed by atoms with Gasteiger partial charge in [-0.1, -0.05) is 6.58 Å². The second-order valence-electron chi connectivity index (χ2n) is 8.18. The van der Waals surface area contributed by atoms with Crippen LogP contribution >= 0.6 is 15.9 Å². The molecular weight excluding hydrogens is 547 g/mol. The molecule has 12 heteroatoms. The van der Waals surface area contributed by atoms with E-state index in [0.717, 1.165) is 0 Å². The molecule has 4 rings (SSSR count). The molecule has 0 amide bonds. The summed E-state index contributed by atoms with van der Waals surface area (Å²) in [6, 6.07) is 5.70. The highest BCUT2D eigenvalue weighted by Gasteiger charge is 2.25. The van der Waals surface area contributed by atoms with Crippen molar-refractivity contribution in [3.63, 3.8) is 0 Å². The maximum atomic E-state index is 14.4. The van der Waals surface area contributed by atoms with E-state index in [-0.39, 0.29) is 5.75 Å². The van der Waals surface area contributed by atoms with Crippen LogP contribution in [0.3, 0.4) is 0 Å². The number of hydrogen-bond donors (Lipinski definition) is 0. The summed E-state index contributed by atoms with van der Waals surface area (Å²) >= 11 is 3.26. The summed E-state index contributed by atoms with van der Waals surface area (Å²) in [4.78, 5) is 14.7. The van der Waals surface area contributed by atoms with E-state index in [9.17, 15) is 14.5 Å². The van der Waals surface area contributed by atoms with Gasteiger partial charge in [0.15, 0.2) is 6.20 Å². The van der Waals surface area contributed by atoms with Gasteiger partial charge in [-0.25, -0.2) is 4.39 Å². The van der Waals surface area contributed by atoms with Crippen LogP contribution in [-0.4, -0.2) is 36.6 Å². The molecule has 3 aromatic heterocycles. The Morgan fingerprint density at radius 2 is 2.03 bits per heavy atom. The number of halogens is 2. The lowest BCUT2D eigenvalue weighted by molar-refractivity contribution is -0.390. The minimum atomic E-state index is -0.791. The molecule has 37 heavy (non-hydrogen) atoms. The molecule has 0 bridgehead atoms. The number of rotatable bonds is 9. The van der Waals surface area contributed by atoms with E-state index in [1.54, 1.807) is 29.4 Å². The van der Waals surface area contributed by atoms with Crippen molar-refractivity contribution in [3.05, 3.63) is 86.5 Å². The fourth-order valence-corrected chi connectivity index (χ4v) is 4.26. The molecule has 0 saturated carbocycles. The Hall–Kier alpha value is -4.06. The van der Waals surface area contributed by atoms with E-state index in [0.29, 0.717) is 50.4 Å². The van der Waals surface area contributed by atoms with Crippen molar-refractivity contribution < 1.29 is 18.8 Å². The van der Waals surface area contributed by atoms with Gasteiger partial charge in [-0.3, -0.25) is 9.36 Å². The number of nitro groups is 1. The molecule has 0 aliphatic carbocycles. The van der Waals surface area contributed by atoms with Crippen molar-refractivity contribution in [1.29, 1.82) is 0 Å². The topological polar surface area (TPSA) is 110 Å². The Labute approximate surface area is 220 Å². The van der Waals surface area contributed by atoms with E-state index in [1.165, 1.54) is 31.5 Å². The van der Waals surface area contributed by atoms with Crippen molar-refractivity contribution in [1.82, 2.24) is 24.5 Å². The first-order chi connectivity index (χ1) is 17.6. The predicted molar refractivity (Wildman–Crippen MR) is 139 cm³/mol. The maximum absolute atomic E-state index is 14.4. The standard InChI is InChI=1S/C25H24BrFN6O4/c1-6-32-13-21(25(30-32)36-5)14(2)20-12-31(4)29-23(20)18-8-7-17(27)10-19(18)15(3)37-22-9-16(26)11-28-24(22)33(34)35/h7-13,15H,2,6H2,1,3-5H3/t15-/m1/s1. The van der Waals surface area contributed by atoms with Crippen molar-refractivity contribution in [2.24, 2.45) is 7.05 Å². The van der Waals surface area contributed by atoms with Crippen LogP contribution in [0.25, 0.3) is 16.8 Å². The van der Waals surface area contributed by atoms with Crippen molar-refractivity contribution in [3.8, 4) is 22.9 Å². The van der Waals surface area contributed by atoms with Gasteiger partial charge < -0.3 is 19.6 Å². The fourth-order valence-electron chi connectivity index (χ4n) is 3.95. The highest BCUT2D eigenvalue weighted by molar-refractivity contribution is 9.10. The normalized spacial score (nSPS) is 11.8. The third-order valence-electron chi connectivity index (χ3n) is 5.71. The summed E-state index contributed by atoms with van der Waals surface area (Å²) in [7, 11) is 3.31. The van der Waals surface area contributed by atoms with Crippen LogP contribution in [0.4, 0.5) is 10.2 Å². The Balaban J connectivity index is 1.80. The van der Waals surface area contributed by atoms with Gasteiger partial charge in [-0.2, -0.15) is 5.10 Å². The molecule has 1 atom stereocenters. The van der Waals surface area contributed by atoms with Crippen LogP contribution < -0.4 is 9.47 Å². The van der Waals surface area contributed by atoms with Gasteiger partial charge in [-0.05, 0) is 63.5 Å². The first kappa shape index (κ1) is 26.0. The van der Waals surface area contributed by atoms with E-state index in [4.69, 9.17) is 9.47 Å². The first-order valence-electron chi connectivity index (χ1n) is 11.2. The van der Waals surface area contributed by atoms with Gasteiger partial charge in [0.1, 0.15) is 17.6 Å². The molecule has 1 aromatic carbocycles. The molecule has 192 valence electrons. The summed E-state index contributed by atoms with van der Waals surface area (Å²) in [5.41, 5.74) is 3.56. The van der Waals surface area contributed by atoms with E-state index >= 15 is 0 Å². The van der Waals surface area contributed by atoms with Crippen LogP contribution in [0, 0.1) is 15.9 Å². The fraction of sp³-hybridized carbons (Fsp3) is 0.240. The zero-order chi connectivity index (χ0) is 26.9. The monoisotopic (exact) mass is 570 g/mol. The van der Waals surface area contributed by atoms with E-state index < -0.39 is 22.7 Å². The third-order valence-corrected chi connectivity index (χ3v) is 6.14. The number of ether oxygens (including phenoxy) is 2. The van der Waals surface area contributed by atoms with Crippen LogP contribution in [0.1, 0.15) is 36.6 Å². The Bertz CT molecular complexity index is 1500. The molecule has 0 N–H and O–H groups in total. The smallest absolute Gasteiger partial charge is 0.406 e. The predicted octanol–water partition coefficient (Wildman–Crippen LogP) is 5.72. The molecule has 0 unspecified atom stereocenters. The minimum Gasteiger partial charge on any atom is -0.479 e. The Kier molecular flexibility index (Phi) is 7.39. The average molecular weight is 571 g/mol. The van der Waals surface area contributed by atoms with Gasteiger partial charge in [0.05, 0.1) is 17.1 Å². The second-order valence-corrected chi connectivity index (χ2v) is 9.09. The summed E-state index contributed by atoms with van der Waals surface area (Å²) < 4.78 is 29.7. The summed E-state index contributed by atoms with van der Waals surface area (Å²) in [5, 5.41) is 20.5. The molecule has 0 aliphatic rings. The molecular formula is C25H24BrFN6O4. The summed E-state index contributed by atoms with van der Waals surface area (Å²) in [5.74, 6) is -0.560. The molecule has 0 aliphatic heterocycles. The molecule has 10 nitrogen and oxygen atoms in total. The van der Waals surface area contributed by atoms with Crippen LogP contribution in [-0.2, 0) is 13.6 Å². The molecule has 0 radical (unpaired) electrons. The number of pyridine rings is 1. The van der Waals surface area contributed by atoms with Crippen LogP contribution in [0.15, 0.2) is 53.9 Å². The second kappa shape index (κ2) is 10.5. The number of methoxy groups -OCH3 is 1. The van der Waals surface area contributed by atoms with Crippen molar-refractivity contribution >= 4 is 27.3 Å². The Morgan fingerprint density at radius 1 is 1.27 bits per heavy atom. The number of nitrogens with zero attached hydrogens (tertiary/aromatic N) is 6. The summed E-state index contributed by atoms with van der Waals surface area (Å²) in [6.45, 7) is 8.56. The Morgan fingerprint density at radius 3 is 2.70 bits per heavy atom. The largest absolute Gasteiger partial charge is 0.479 e. The highest BCUT2D eigenvalue weighted by Crippen LogP contribution is 2.39. The average Bonchev–Trinajstić information content (AvgIpc) is 3.46. The number of benzene rings is 1. The van der Waals surface area contributed by atoms with Crippen molar-refractivity contribution in [2.75, 3.05) is 7.11 Å². The number of aryl methyl sites for hydroxylation is 2. The minimum absolute atomic E-state index is 0.0514. The van der Waals surface area contributed by atoms with Crippen LogP contribution in [0.5, 0.6) is 11.6 Å². The van der Waals surface area contributed by atoms with Gasteiger partial charge in [0.2, 0.25) is 11.6 Å². The third kappa shape index (κ3) is 5.24. The van der Waals surface area contributed by atoms with Gasteiger partial charge >= 0.3 is 5.82 Å². The molecule has 4 aromatic rings. The van der Waals surface area contributed by atoms with E-state index in [1.807, 2.05) is 19.3 Å². The zero-order valence-electron chi connectivity index (χ0n) is 20.6. The summed E-state index contributed by atoms with van der Waals surface area (Å²) in [6.07, 6.45) is 4.17. The molecule has 0 spiro atoms. The number of hydrogen-bond acceptors (Lipinski definition) is 7. The highest BCUT2D eigenvalue weighted by atomic mass is 79.9. The quantitative estimate of drug-likeness (QED) is 0.187. The van der Waals surface area contributed by atoms with Gasteiger partial charge in [0, 0.05) is 48.7 Å². The van der Waals surface area contributed by atoms with Crippen LogP contribution in [0.2, 0.25) is 0 Å². The zero-order valence-corrected chi connectivity index (χ0v) is 22.2. The first-order valence-corrected chi connectivity index (χ1v) is 12.0. The van der Waals surface area contributed by atoms with Crippen molar-refractivity contribution in [2.45, 2.75) is 26.5 Å². The van der Waals surface area contributed by atoms with Gasteiger partial charge in [0.25, 0.3) is 0 Å². The van der Waals surface area contributed by atoms with Gasteiger partial charge in [-0.15, -0.1) is 5.10 Å². The number of aromatic nitrogens is 5. The lowest BCUT2D eigenvalue weighted by Crippen LogP contribution is -2.08. The van der Waals surface area contributed by atoms with E-state index in [2.05, 4.69) is 37.7 Å². The maximum Gasteiger partial charge on any atom is 0.406 e. The molecule has 0 fully saturated rings. The molecule has 0 saturated heterocycles.